The van der Waals surface area contributed by atoms with Crippen LogP contribution in [0.1, 0.15) is 61.5 Å². The third kappa shape index (κ3) is 5.17. The molecule has 1 aliphatic carbocycles. The third-order valence-electron chi connectivity index (χ3n) is 7.58. The number of nitriles is 1. The van der Waals surface area contributed by atoms with Crippen molar-refractivity contribution in [1.29, 1.82) is 5.26 Å². The second-order valence-corrected chi connectivity index (χ2v) is 11.3. The number of fused-ring (bicyclic) bond motifs is 3. The van der Waals surface area contributed by atoms with Crippen LogP contribution in [-0.4, -0.2) is 52.0 Å². The number of nitrogens with zero attached hydrogens (tertiary/aromatic N) is 2. The number of carbonyl (C=O) groups excluding carboxylic acids is 2. The van der Waals surface area contributed by atoms with Gasteiger partial charge in [-0.1, -0.05) is 18.2 Å². The summed E-state index contributed by atoms with van der Waals surface area (Å²) in [4.78, 5) is 26.7. The summed E-state index contributed by atoms with van der Waals surface area (Å²) in [7, 11) is 0. The Balaban J connectivity index is 1.27. The number of rotatable bonds is 7. The number of benzene rings is 2. The Morgan fingerprint density at radius 3 is 2.71 bits per heavy atom. The third-order valence-corrected chi connectivity index (χ3v) is 7.58. The largest absolute Gasteiger partial charge is 0.457 e. The number of nitrogens with one attached hydrogen (secondary N) is 1. The van der Waals surface area contributed by atoms with Gasteiger partial charge in [0.05, 0.1) is 23.3 Å². The lowest BCUT2D eigenvalue weighted by atomic mass is 9.96. The Labute approximate surface area is 221 Å². The molecule has 0 radical (unpaired) electrons. The van der Waals surface area contributed by atoms with Gasteiger partial charge < -0.3 is 19.9 Å². The first-order chi connectivity index (χ1) is 18.0. The van der Waals surface area contributed by atoms with Crippen LogP contribution in [0.2, 0.25) is 0 Å². The molecule has 2 N–H and O–H groups in total. The molecule has 8 nitrogen and oxygen atoms in total. The summed E-state index contributed by atoms with van der Waals surface area (Å²) in [6.07, 6.45) is 1.32. The number of halogens is 1. The van der Waals surface area contributed by atoms with Crippen LogP contribution in [0, 0.1) is 23.1 Å². The molecule has 2 fully saturated rings. The van der Waals surface area contributed by atoms with E-state index >= 15 is 4.39 Å². The molecule has 0 spiro atoms. The molecule has 9 heteroatoms. The molecule has 5 atom stereocenters. The van der Waals surface area contributed by atoms with Crippen LogP contribution < -0.4 is 5.32 Å². The fourth-order valence-corrected chi connectivity index (χ4v) is 5.88. The highest BCUT2D eigenvalue weighted by Crippen LogP contribution is 2.44. The highest BCUT2D eigenvalue weighted by Gasteiger charge is 2.52. The molecule has 2 bridgehead atoms. The van der Waals surface area contributed by atoms with Gasteiger partial charge >= 0.3 is 5.97 Å². The minimum atomic E-state index is -1.23. The van der Waals surface area contributed by atoms with E-state index in [2.05, 4.69) is 11.4 Å². The number of piperidine rings is 1. The van der Waals surface area contributed by atoms with E-state index < -0.39 is 29.9 Å². The fraction of sp³-hybridized carbons (Fsp3) is 0.483. The highest BCUT2D eigenvalue weighted by atomic mass is 19.1. The van der Waals surface area contributed by atoms with Gasteiger partial charge in [0, 0.05) is 18.0 Å². The van der Waals surface area contributed by atoms with Crippen molar-refractivity contribution in [3.8, 4) is 17.2 Å². The molecular weight excluding hydrogens is 489 g/mol. The summed E-state index contributed by atoms with van der Waals surface area (Å²) in [6, 6.07) is 10.6. The number of hydrogen-bond acceptors (Lipinski definition) is 7. The van der Waals surface area contributed by atoms with Crippen molar-refractivity contribution < 1.29 is 28.6 Å². The smallest absolute Gasteiger partial charge is 0.338 e. The minimum absolute atomic E-state index is 0.00272. The fourth-order valence-electron chi connectivity index (χ4n) is 5.88. The first kappa shape index (κ1) is 26.3. The lowest BCUT2D eigenvalue weighted by Crippen LogP contribution is -2.57. The van der Waals surface area contributed by atoms with Crippen LogP contribution in [0.25, 0.3) is 11.1 Å². The van der Waals surface area contributed by atoms with Gasteiger partial charge in [0.25, 0.3) is 0 Å². The number of esters is 1. The summed E-state index contributed by atoms with van der Waals surface area (Å²) in [5.41, 5.74) is 2.39. The van der Waals surface area contributed by atoms with Gasteiger partial charge in [-0.05, 0) is 80.8 Å². The van der Waals surface area contributed by atoms with Crippen LogP contribution >= 0.6 is 0 Å². The molecule has 1 amide bonds. The average Bonchev–Trinajstić information content (AvgIpc) is 3.58. The zero-order valence-corrected chi connectivity index (χ0v) is 21.7. The van der Waals surface area contributed by atoms with E-state index in [1.165, 1.54) is 6.07 Å². The summed E-state index contributed by atoms with van der Waals surface area (Å²) in [6.45, 7) is 5.71. The van der Waals surface area contributed by atoms with Crippen LogP contribution in [-0.2, 0) is 27.3 Å². The van der Waals surface area contributed by atoms with Crippen molar-refractivity contribution in [3.05, 3.63) is 58.9 Å². The van der Waals surface area contributed by atoms with Crippen molar-refractivity contribution in [2.45, 2.75) is 83.2 Å². The maximum absolute atomic E-state index is 15.1. The van der Waals surface area contributed by atoms with E-state index in [1.54, 1.807) is 29.2 Å². The Kier molecular flexibility index (Phi) is 6.99. The number of carbonyl (C=O) groups is 2. The first-order valence-electron chi connectivity index (χ1n) is 13.0. The summed E-state index contributed by atoms with van der Waals surface area (Å²) in [5.74, 6) is -1.13. The number of amides is 1. The number of aliphatic hydroxyl groups is 1. The standard InChI is InChI=1S/C29H32FN3O5/c1-29(2,3)38-28(36)33-22-8-6-19(12-22)25(33)26(34)32-21(14-31)11-18-5-4-17(13-24(18)30)16-7-9-23-20(10-16)15-37-27(23)35/h4-5,7,9-10,13,19,21-22,25,28,36H,6,8,11-12,15H2,1-3H3,(H,32,34)/t19-,21?,22+,25-,28?/m0/s1. The van der Waals surface area contributed by atoms with Crippen molar-refractivity contribution in [3.63, 3.8) is 0 Å². The lowest BCUT2D eigenvalue weighted by Gasteiger charge is -2.39. The average molecular weight is 522 g/mol. The summed E-state index contributed by atoms with van der Waals surface area (Å²) in [5, 5.41) is 23.3. The van der Waals surface area contributed by atoms with Gasteiger partial charge in [-0.2, -0.15) is 5.26 Å². The SMILES string of the molecule is CC(C)(C)OC(O)N1[C@@H]2CC[C@@H](C2)[C@H]1C(=O)NC(C#N)Cc1ccc(-c2ccc3c(c2)COC3=O)cc1F. The zero-order valence-electron chi connectivity index (χ0n) is 21.7. The highest BCUT2D eigenvalue weighted by molar-refractivity contribution is 5.94. The van der Waals surface area contributed by atoms with E-state index in [0.29, 0.717) is 16.7 Å². The summed E-state index contributed by atoms with van der Waals surface area (Å²) >= 11 is 0. The Hall–Kier alpha value is -3.32. The number of ether oxygens (including phenoxy) is 2. The number of aliphatic hydroxyl groups excluding tert-OH is 1. The molecule has 0 aromatic heterocycles. The molecule has 200 valence electrons. The monoisotopic (exact) mass is 521 g/mol. The van der Waals surface area contributed by atoms with E-state index in [0.717, 1.165) is 30.4 Å². The van der Waals surface area contributed by atoms with Crippen molar-refractivity contribution >= 4 is 11.9 Å². The van der Waals surface area contributed by atoms with Crippen molar-refractivity contribution in [1.82, 2.24) is 10.2 Å². The molecule has 5 rings (SSSR count). The lowest BCUT2D eigenvalue weighted by molar-refractivity contribution is -0.254. The van der Waals surface area contributed by atoms with Crippen LogP contribution in [0.5, 0.6) is 0 Å². The van der Waals surface area contributed by atoms with Crippen LogP contribution in [0.4, 0.5) is 4.39 Å². The molecule has 1 saturated carbocycles. The summed E-state index contributed by atoms with van der Waals surface area (Å²) < 4.78 is 25.9. The number of hydrogen-bond donors (Lipinski definition) is 2. The zero-order chi connectivity index (χ0) is 27.2. The molecule has 2 heterocycles. The second-order valence-electron chi connectivity index (χ2n) is 11.3. The van der Waals surface area contributed by atoms with Gasteiger partial charge in [-0.3, -0.25) is 4.79 Å². The number of cyclic esters (lactones) is 1. The molecule has 38 heavy (non-hydrogen) atoms. The maximum atomic E-state index is 15.1. The first-order valence-corrected chi connectivity index (χ1v) is 13.0. The Morgan fingerprint density at radius 2 is 2.00 bits per heavy atom. The van der Waals surface area contributed by atoms with E-state index in [-0.39, 0.29) is 36.9 Å². The molecule has 2 aromatic rings. The topological polar surface area (TPSA) is 112 Å². The van der Waals surface area contributed by atoms with Crippen LogP contribution in [0.3, 0.4) is 0 Å². The van der Waals surface area contributed by atoms with Crippen molar-refractivity contribution in [2.24, 2.45) is 5.92 Å². The molecule has 1 saturated heterocycles. The molecule has 2 unspecified atom stereocenters. The normalized spacial score (nSPS) is 24.0. The van der Waals surface area contributed by atoms with Gasteiger partial charge in [0.2, 0.25) is 12.3 Å². The molecular formula is C29H32FN3O5. The van der Waals surface area contributed by atoms with Crippen molar-refractivity contribution in [2.75, 3.05) is 0 Å². The molecule has 2 aromatic carbocycles. The second kappa shape index (κ2) is 10.1. The maximum Gasteiger partial charge on any atom is 0.338 e. The molecule has 2 aliphatic heterocycles. The van der Waals surface area contributed by atoms with E-state index in [4.69, 9.17) is 9.47 Å². The minimum Gasteiger partial charge on any atom is -0.457 e. The Morgan fingerprint density at radius 1 is 1.26 bits per heavy atom. The predicted octanol–water partition coefficient (Wildman–Crippen LogP) is 3.66. The number of likely N-dealkylation sites (tertiary alicyclic amines) is 1. The van der Waals surface area contributed by atoms with Gasteiger partial charge in [0.1, 0.15) is 18.5 Å². The molecule has 3 aliphatic rings. The van der Waals surface area contributed by atoms with E-state index in [9.17, 15) is 20.0 Å². The Bertz CT molecular complexity index is 1300. The van der Waals surface area contributed by atoms with Crippen LogP contribution in [0.15, 0.2) is 36.4 Å². The van der Waals surface area contributed by atoms with Gasteiger partial charge in [0.15, 0.2) is 0 Å². The predicted molar refractivity (Wildman–Crippen MR) is 136 cm³/mol. The van der Waals surface area contributed by atoms with Gasteiger partial charge in [-0.15, -0.1) is 0 Å². The quantitative estimate of drug-likeness (QED) is 0.423. The van der Waals surface area contributed by atoms with E-state index in [1.807, 2.05) is 26.8 Å². The van der Waals surface area contributed by atoms with Gasteiger partial charge in [-0.25, -0.2) is 14.1 Å².